The van der Waals surface area contributed by atoms with Crippen molar-refractivity contribution in [3.63, 3.8) is 0 Å². The molecule has 31 heavy (non-hydrogen) atoms. The SMILES string of the molecule is Cc1sc(Nc2cccc(OCc3ccccc3)c2)nc1-c1ccc(CC(=O)O)cc1. The van der Waals surface area contributed by atoms with Gasteiger partial charge in [0.25, 0.3) is 0 Å². The molecule has 0 saturated carbocycles. The second kappa shape index (κ2) is 9.45. The molecular weight excluding hydrogens is 408 g/mol. The summed E-state index contributed by atoms with van der Waals surface area (Å²) in [5, 5.41) is 13.1. The number of rotatable bonds is 8. The third-order valence-electron chi connectivity index (χ3n) is 4.71. The fourth-order valence-corrected chi connectivity index (χ4v) is 4.06. The van der Waals surface area contributed by atoms with Crippen molar-refractivity contribution in [2.75, 3.05) is 5.32 Å². The Balaban J connectivity index is 1.45. The number of hydrogen-bond acceptors (Lipinski definition) is 5. The number of ether oxygens (including phenoxy) is 1. The van der Waals surface area contributed by atoms with Gasteiger partial charge in [-0.2, -0.15) is 0 Å². The van der Waals surface area contributed by atoms with E-state index in [4.69, 9.17) is 14.8 Å². The zero-order valence-electron chi connectivity index (χ0n) is 17.0. The lowest BCUT2D eigenvalue weighted by molar-refractivity contribution is -0.136. The van der Waals surface area contributed by atoms with Crippen molar-refractivity contribution in [3.05, 3.63) is 94.9 Å². The number of nitrogens with zero attached hydrogens (tertiary/aromatic N) is 1. The number of thiazole rings is 1. The summed E-state index contributed by atoms with van der Waals surface area (Å²) >= 11 is 1.58. The number of carbonyl (C=O) groups is 1. The number of carboxylic acid groups (broad SMARTS) is 1. The molecule has 0 bridgehead atoms. The molecule has 0 aliphatic heterocycles. The van der Waals surface area contributed by atoms with Gasteiger partial charge in [-0.1, -0.05) is 60.7 Å². The first kappa shape index (κ1) is 20.6. The van der Waals surface area contributed by atoms with E-state index in [1.165, 1.54) is 0 Å². The van der Waals surface area contributed by atoms with Crippen molar-refractivity contribution in [3.8, 4) is 17.0 Å². The van der Waals surface area contributed by atoms with E-state index in [1.54, 1.807) is 11.3 Å². The van der Waals surface area contributed by atoms with E-state index in [0.717, 1.165) is 43.8 Å². The van der Waals surface area contributed by atoms with E-state index in [2.05, 4.69) is 5.32 Å². The highest BCUT2D eigenvalue weighted by molar-refractivity contribution is 7.16. The fourth-order valence-electron chi connectivity index (χ4n) is 3.20. The second-order valence-corrected chi connectivity index (χ2v) is 8.32. The molecule has 0 amide bonds. The number of aromatic nitrogens is 1. The number of anilines is 2. The first-order valence-electron chi connectivity index (χ1n) is 9.89. The normalized spacial score (nSPS) is 10.6. The Kier molecular flexibility index (Phi) is 6.29. The maximum absolute atomic E-state index is 10.9. The van der Waals surface area contributed by atoms with E-state index in [9.17, 15) is 4.79 Å². The van der Waals surface area contributed by atoms with Gasteiger partial charge in [0.1, 0.15) is 12.4 Å². The van der Waals surface area contributed by atoms with Crippen molar-refractivity contribution >= 4 is 28.1 Å². The Morgan fingerprint density at radius 2 is 1.77 bits per heavy atom. The largest absolute Gasteiger partial charge is 0.489 e. The third kappa shape index (κ3) is 5.49. The molecule has 0 unspecified atom stereocenters. The Morgan fingerprint density at radius 1 is 1.00 bits per heavy atom. The van der Waals surface area contributed by atoms with Crippen LogP contribution in [-0.2, 0) is 17.8 Å². The summed E-state index contributed by atoms with van der Waals surface area (Å²) in [5.41, 5.74) is 4.66. The highest BCUT2D eigenvalue weighted by Gasteiger charge is 2.11. The average molecular weight is 431 g/mol. The van der Waals surface area contributed by atoms with Crippen LogP contribution in [-0.4, -0.2) is 16.1 Å². The monoisotopic (exact) mass is 430 g/mol. The van der Waals surface area contributed by atoms with Crippen molar-refractivity contribution in [2.45, 2.75) is 20.0 Å². The van der Waals surface area contributed by atoms with Crippen LogP contribution in [0.2, 0.25) is 0 Å². The van der Waals surface area contributed by atoms with E-state index in [1.807, 2.05) is 85.8 Å². The Hall–Kier alpha value is -3.64. The Bertz CT molecular complexity index is 1170. The molecule has 0 saturated heterocycles. The van der Waals surface area contributed by atoms with Gasteiger partial charge in [0.2, 0.25) is 0 Å². The molecule has 0 spiro atoms. The van der Waals surface area contributed by atoms with Crippen LogP contribution in [0.3, 0.4) is 0 Å². The van der Waals surface area contributed by atoms with Gasteiger partial charge in [0, 0.05) is 22.2 Å². The summed E-state index contributed by atoms with van der Waals surface area (Å²) in [5.74, 6) is -0.0459. The highest BCUT2D eigenvalue weighted by atomic mass is 32.1. The molecule has 0 fully saturated rings. The van der Waals surface area contributed by atoms with Gasteiger partial charge >= 0.3 is 5.97 Å². The van der Waals surface area contributed by atoms with Gasteiger partial charge < -0.3 is 15.2 Å². The van der Waals surface area contributed by atoms with Crippen molar-refractivity contribution in [1.29, 1.82) is 0 Å². The summed E-state index contributed by atoms with van der Waals surface area (Å²) in [6.07, 6.45) is 0.0197. The van der Waals surface area contributed by atoms with Crippen LogP contribution in [0.15, 0.2) is 78.9 Å². The Labute approximate surface area is 185 Å². The summed E-state index contributed by atoms with van der Waals surface area (Å²) in [7, 11) is 0. The molecule has 4 aromatic rings. The van der Waals surface area contributed by atoms with Gasteiger partial charge in [0.15, 0.2) is 5.13 Å². The highest BCUT2D eigenvalue weighted by Crippen LogP contribution is 2.32. The minimum Gasteiger partial charge on any atom is -0.489 e. The zero-order chi connectivity index (χ0) is 21.6. The minimum atomic E-state index is -0.834. The molecule has 3 aromatic carbocycles. The van der Waals surface area contributed by atoms with E-state index < -0.39 is 5.97 Å². The van der Waals surface area contributed by atoms with Crippen LogP contribution < -0.4 is 10.1 Å². The van der Waals surface area contributed by atoms with E-state index in [0.29, 0.717) is 6.61 Å². The van der Waals surface area contributed by atoms with Gasteiger partial charge in [-0.05, 0) is 30.2 Å². The Morgan fingerprint density at radius 3 is 2.52 bits per heavy atom. The molecular formula is C25H22N2O3S. The van der Waals surface area contributed by atoms with Crippen LogP contribution >= 0.6 is 11.3 Å². The summed E-state index contributed by atoms with van der Waals surface area (Å²) in [6.45, 7) is 2.55. The molecule has 6 heteroatoms. The number of nitrogens with one attached hydrogen (secondary N) is 1. The molecule has 2 N–H and O–H groups in total. The number of benzene rings is 3. The first-order valence-corrected chi connectivity index (χ1v) is 10.7. The minimum absolute atomic E-state index is 0.0197. The molecule has 1 heterocycles. The molecule has 0 radical (unpaired) electrons. The van der Waals surface area contributed by atoms with Crippen LogP contribution in [0.25, 0.3) is 11.3 Å². The van der Waals surface area contributed by atoms with Crippen LogP contribution in [0.1, 0.15) is 16.0 Å². The van der Waals surface area contributed by atoms with E-state index >= 15 is 0 Å². The predicted molar refractivity (Wildman–Crippen MR) is 124 cm³/mol. The lowest BCUT2D eigenvalue weighted by atomic mass is 10.1. The predicted octanol–water partition coefficient (Wildman–Crippen LogP) is 6.07. The van der Waals surface area contributed by atoms with Gasteiger partial charge in [-0.25, -0.2) is 4.98 Å². The number of aliphatic carboxylic acids is 1. The maximum atomic E-state index is 10.9. The fraction of sp³-hybridized carbons (Fsp3) is 0.120. The van der Waals surface area contributed by atoms with Crippen LogP contribution in [0.5, 0.6) is 5.75 Å². The van der Waals surface area contributed by atoms with Crippen molar-refractivity contribution in [1.82, 2.24) is 4.98 Å². The number of carboxylic acids is 1. The van der Waals surface area contributed by atoms with E-state index in [-0.39, 0.29) is 6.42 Å². The summed E-state index contributed by atoms with van der Waals surface area (Å²) < 4.78 is 5.91. The quantitative estimate of drug-likeness (QED) is 0.355. The molecule has 156 valence electrons. The maximum Gasteiger partial charge on any atom is 0.307 e. The lowest BCUT2D eigenvalue weighted by Gasteiger charge is -2.08. The van der Waals surface area contributed by atoms with Crippen molar-refractivity contribution < 1.29 is 14.6 Å². The average Bonchev–Trinajstić information content (AvgIpc) is 3.13. The second-order valence-electron chi connectivity index (χ2n) is 7.12. The molecule has 0 aliphatic rings. The van der Waals surface area contributed by atoms with Crippen molar-refractivity contribution in [2.24, 2.45) is 0 Å². The van der Waals surface area contributed by atoms with Gasteiger partial charge in [0.05, 0.1) is 12.1 Å². The summed E-state index contributed by atoms with van der Waals surface area (Å²) in [4.78, 5) is 16.7. The van der Waals surface area contributed by atoms with Gasteiger partial charge in [-0.3, -0.25) is 4.79 Å². The van der Waals surface area contributed by atoms with Gasteiger partial charge in [-0.15, -0.1) is 11.3 Å². The molecule has 4 rings (SSSR count). The molecule has 1 aromatic heterocycles. The van der Waals surface area contributed by atoms with Crippen LogP contribution in [0, 0.1) is 6.92 Å². The molecule has 0 atom stereocenters. The third-order valence-corrected chi connectivity index (χ3v) is 5.60. The lowest BCUT2D eigenvalue weighted by Crippen LogP contribution is -1.99. The smallest absolute Gasteiger partial charge is 0.307 e. The zero-order valence-corrected chi connectivity index (χ0v) is 17.9. The number of aryl methyl sites for hydroxylation is 1. The molecule has 0 aliphatic carbocycles. The summed E-state index contributed by atoms with van der Waals surface area (Å²) in [6, 6.07) is 25.4. The first-order chi connectivity index (χ1) is 15.1. The molecule has 5 nitrogen and oxygen atoms in total. The standard InChI is InChI=1S/C25H22N2O3S/c1-17-24(20-12-10-18(11-13-20)14-23(28)29)27-25(31-17)26-21-8-5-9-22(15-21)30-16-19-6-3-2-4-7-19/h2-13,15H,14,16H2,1H3,(H,26,27)(H,28,29). The topological polar surface area (TPSA) is 71.5 Å². The number of hydrogen-bond donors (Lipinski definition) is 2. The van der Waals surface area contributed by atoms with Crippen LogP contribution in [0.4, 0.5) is 10.8 Å².